The van der Waals surface area contributed by atoms with E-state index in [0.717, 1.165) is 6.42 Å². The van der Waals surface area contributed by atoms with E-state index in [4.69, 9.17) is 9.84 Å². The predicted molar refractivity (Wildman–Crippen MR) is 74.9 cm³/mol. The first-order valence-electron chi connectivity index (χ1n) is 7.18. The largest absolute Gasteiger partial charge is 0.481 e. The molecule has 3 N–H and O–H groups in total. The van der Waals surface area contributed by atoms with Gasteiger partial charge in [0.15, 0.2) is 0 Å². The molecule has 1 heterocycles. The van der Waals surface area contributed by atoms with Crippen LogP contribution < -0.4 is 10.6 Å². The lowest BCUT2D eigenvalue weighted by Gasteiger charge is -2.34. The maximum absolute atomic E-state index is 12.0. The van der Waals surface area contributed by atoms with Gasteiger partial charge in [-0.05, 0) is 12.8 Å². The van der Waals surface area contributed by atoms with Crippen LogP contribution in [-0.4, -0.2) is 66.8 Å². The molecule has 21 heavy (non-hydrogen) atoms. The number of nitrogens with one attached hydrogen (secondary N) is 2. The molecule has 1 fully saturated rings. The molecule has 0 spiro atoms. The van der Waals surface area contributed by atoms with Gasteiger partial charge in [0.25, 0.3) is 0 Å². The number of urea groups is 1. The van der Waals surface area contributed by atoms with Gasteiger partial charge >= 0.3 is 12.0 Å². The standard InChI is InChI=1S/C13H23N3O5/c1-2-7-21-8-3-4-15-13(20)16-6-5-14-12(19)10(16)9-11(17)18/h10H,2-9H2,1H3,(H,14,19)(H,15,20)(H,17,18). The molecule has 1 aliphatic heterocycles. The molecule has 1 aliphatic rings. The SMILES string of the molecule is CCCOCCCNC(=O)N1CCNC(=O)C1CC(=O)O. The van der Waals surface area contributed by atoms with E-state index in [9.17, 15) is 14.4 Å². The fourth-order valence-corrected chi connectivity index (χ4v) is 2.04. The molecule has 0 saturated carbocycles. The van der Waals surface area contributed by atoms with Gasteiger partial charge in [-0.15, -0.1) is 0 Å². The number of nitrogens with zero attached hydrogens (tertiary/aromatic N) is 1. The van der Waals surface area contributed by atoms with Gasteiger partial charge in [-0.1, -0.05) is 6.92 Å². The lowest BCUT2D eigenvalue weighted by Crippen LogP contribution is -2.60. The fraction of sp³-hybridized carbons (Fsp3) is 0.769. The summed E-state index contributed by atoms with van der Waals surface area (Å²) in [6.07, 6.45) is 1.24. The maximum Gasteiger partial charge on any atom is 0.318 e. The summed E-state index contributed by atoms with van der Waals surface area (Å²) in [4.78, 5) is 35.8. The molecule has 1 unspecified atom stereocenters. The number of hydrogen-bond donors (Lipinski definition) is 3. The van der Waals surface area contributed by atoms with Crippen LogP contribution in [0.5, 0.6) is 0 Å². The van der Waals surface area contributed by atoms with Crippen molar-refractivity contribution < 1.29 is 24.2 Å². The average Bonchev–Trinajstić information content (AvgIpc) is 2.44. The lowest BCUT2D eigenvalue weighted by molar-refractivity contribution is -0.142. The molecule has 8 heteroatoms. The highest BCUT2D eigenvalue weighted by molar-refractivity contribution is 5.91. The van der Waals surface area contributed by atoms with Gasteiger partial charge in [-0.2, -0.15) is 0 Å². The molecule has 1 atom stereocenters. The molecule has 0 aliphatic carbocycles. The zero-order chi connectivity index (χ0) is 15.7. The molecule has 0 bridgehead atoms. The summed E-state index contributed by atoms with van der Waals surface area (Å²) in [5.41, 5.74) is 0. The van der Waals surface area contributed by atoms with Crippen LogP contribution >= 0.6 is 0 Å². The Morgan fingerprint density at radius 3 is 2.90 bits per heavy atom. The third kappa shape index (κ3) is 5.99. The van der Waals surface area contributed by atoms with Crippen molar-refractivity contribution in [2.24, 2.45) is 0 Å². The minimum Gasteiger partial charge on any atom is -0.481 e. The van der Waals surface area contributed by atoms with Crippen molar-refractivity contribution in [3.63, 3.8) is 0 Å². The Kier molecular flexibility index (Phi) is 7.52. The van der Waals surface area contributed by atoms with E-state index in [1.54, 1.807) is 0 Å². The number of carbonyl (C=O) groups excluding carboxylic acids is 2. The summed E-state index contributed by atoms with van der Waals surface area (Å²) in [5.74, 6) is -1.53. The number of carboxylic acids is 1. The van der Waals surface area contributed by atoms with Crippen LogP contribution in [0.2, 0.25) is 0 Å². The Hall–Kier alpha value is -1.83. The van der Waals surface area contributed by atoms with Crippen molar-refractivity contribution in [3.05, 3.63) is 0 Å². The van der Waals surface area contributed by atoms with Gasteiger partial charge in [0.05, 0.1) is 6.42 Å². The van der Waals surface area contributed by atoms with Crippen LogP contribution in [0, 0.1) is 0 Å². The number of aliphatic carboxylic acids is 1. The monoisotopic (exact) mass is 301 g/mol. The fourth-order valence-electron chi connectivity index (χ4n) is 2.04. The number of carbonyl (C=O) groups is 3. The quantitative estimate of drug-likeness (QED) is 0.538. The number of carboxylic acid groups (broad SMARTS) is 1. The van der Waals surface area contributed by atoms with Crippen molar-refractivity contribution in [1.29, 1.82) is 0 Å². The summed E-state index contributed by atoms with van der Waals surface area (Å²) >= 11 is 0. The molecule has 3 amide bonds. The van der Waals surface area contributed by atoms with E-state index in [1.807, 2.05) is 6.92 Å². The van der Waals surface area contributed by atoms with Crippen molar-refractivity contribution in [2.45, 2.75) is 32.2 Å². The minimum absolute atomic E-state index is 0.307. The summed E-state index contributed by atoms with van der Waals surface area (Å²) in [6, 6.07) is -1.36. The molecule has 0 radical (unpaired) electrons. The molecule has 1 saturated heterocycles. The molecular formula is C13H23N3O5. The van der Waals surface area contributed by atoms with Gasteiger partial charge in [-0.3, -0.25) is 9.59 Å². The first-order valence-corrected chi connectivity index (χ1v) is 7.18. The van der Waals surface area contributed by atoms with E-state index in [1.165, 1.54) is 4.90 Å². The molecule has 0 aromatic carbocycles. The van der Waals surface area contributed by atoms with E-state index in [-0.39, 0.29) is 0 Å². The highest BCUT2D eigenvalue weighted by Crippen LogP contribution is 2.09. The maximum atomic E-state index is 12.0. The molecule has 8 nitrogen and oxygen atoms in total. The smallest absolute Gasteiger partial charge is 0.318 e. The Bertz CT molecular complexity index is 375. The molecule has 1 rings (SSSR count). The van der Waals surface area contributed by atoms with Gasteiger partial charge < -0.3 is 25.4 Å². The zero-order valence-corrected chi connectivity index (χ0v) is 12.3. The molecule has 0 aromatic heterocycles. The second-order valence-electron chi connectivity index (χ2n) is 4.80. The average molecular weight is 301 g/mol. The summed E-state index contributed by atoms with van der Waals surface area (Å²) in [7, 11) is 0. The predicted octanol–water partition coefficient (Wildman–Crippen LogP) is -0.212. The Morgan fingerprint density at radius 2 is 2.24 bits per heavy atom. The summed E-state index contributed by atoms with van der Waals surface area (Å²) in [5, 5.41) is 14.1. The highest BCUT2D eigenvalue weighted by atomic mass is 16.5. The first-order chi connectivity index (χ1) is 10.1. The number of piperazine rings is 1. The van der Waals surface area contributed by atoms with Crippen LogP contribution in [0.15, 0.2) is 0 Å². The molecule has 0 aromatic rings. The van der Waals surface area contributed by atoms with E-state index in [0.29, 0.717) is 39.3 Å². The lowest BCUT2D eigenvalue weighted by atomic mass is 10.1. The third-order valence-corrected chi connectivity index (χ3v) is 3.05. The first kappa shape index (κ1) is 17.2. The highest BCUT2D eigenvalue weighted by Gasteiger charge is 2.34. The summed E-state index contributed by atoms with van der Waals surface area (Å²) < 4.78 is 5.29. The second-order valence-corrected chi connectivity index (χ2v) is 4.80. The number of rotatable bonds is 8. The van der Waals surface area contributed by atoms with E-state index >= 15 is 0 Å². The van der Waals surface area contributed by atoms with Crippen LogP contribution in [0.3, 0.4) is 0 Å². The van der Waals surface area contributed by atoms with Gasteiger partial charge in [-0.25, -0.2) is 4.79 Å². The zero-order valence-electron chi connectivity index (χ0n) is 12.3. The van der Waals surface area contributed by atoms with Crippen LogP contribution in [-0.2, 0) is 14.3 Å². The third-order valence-electron chi connectivity index (χ3n) is 3.05. The van der Waals surface area contributed by atoms with E-state index in [2.05, 4.69) is 10.6 Å². The van der Waals surface area contributed by atoms with Gasteiger partial charge in [0.1, 0.15) is 6.04 Å². The van der Waals surface area contributed by atoms with Crippen LogP contribution in [0.1, 0.15) is 26.2 Å². The van der Waals surface area contributed by atoms with Crippen molar-refractivity contribution in [1.82, 2.24) is 15.5 Å². The normalized spacial score (nSPS) is 18.2. The van der Waals surface area contributed by atoms with E-state index < -0.39 is 30.4 Å². The number of amides is 3. The Morgan fingerprint density at radius 1 is 1.48 bits per heavy atom. The topological polar surface area (TPSA) is 108 Å². The summed E-state index contributed by atoms with van der Waals surface area (Å²) in [6.45, 7) is 4.35. The van der Waals surface area contributed by atoms with Crippen molar-refractivity contribution in [2.75, 3.05) is 32.8 Å². The van der Waals surface area contributed by atoms with Crippen LogP contribution in [0.4, 0.5) is 4.79 Å². The van der Waals surface area contributed by atoms with Crippen LogP contribution in [0.25, 0.3) is 0 Å². The number of ether oxygens (including phenoxy) is 1. The van der Waals surface area contributed by atoms with Crippen molar-refractivity contribution in [3.8, 4) is 0 Å². The molecule has 120 valence electrons. The Labute approximate surface area is 123 Å². The minimum atomic E-state index is -1.11. The van der Waals surface area contributed by atoms with Crippen molar-refractivity contribution >= 4 is 17.9 Å². The number of hydrogen-bond acceptors (Lipinski definition) is 4. The van der Waals surface area contributed by atoms with Gasteiger partial charge in [0, 0.05) is 32.8 Å². The second kappa shape index (κ2) is 9.17. The Balaban J connectivity index is 2.39. The van der Waals surface area contributed by atoms with Gasteiger partial charge in [0.2, 0.25) is 5.91 Å². The molecular weight excluding hydrogens is 278 g/mol.